The molecule has 0 spiro atoms. The summed E-state index contributed by atoms with van der Waals surface area (Å²) < 4.78 is 0. The van der Waals surface area contributed by atoms with Gasteiger partial charge in [0.2, 0.25) is 0 Å². The van der Waals surface area contributed by atoms with Gasteiger partial charge in [0.15, 0.2) is 5.78 Å². The molecule has 0 aliphatic carbocycles. The summed E-state index contributed by atoms with van der Waals surface area (Å²) in [5.74, 6) is 0.822. The minimum atomic E-state index is 0.360. The summed E-state index contributed by atoms with van der Waals surface area (Å²) >= 11 is 0. The second-order valence-corrected chi connectivity index (χ2v) is 5.99. The normalized spacial score (nSPS) is 15.1. The molecule has 2 heteroatoms. The highest BCUT2D eigenvalue weighted by Crippen LogP contribution is 2.17. The average Bonchev–Trinajstić information content (AvgIpc) is 2.51. The summed E-state index contributed by atoms with van der Waals surface area (Å²) in [6.07, 6.45) is 8.46. The summed E-state index contributed by atoms with van der Waals surface area (Å²) in [5.41, 5.74) is 2.62. The van der Waals surface area contributed by atoms with Crippen LogP contribution in [-0.4, -0.2) is 23.8 Å². The van der Waals surface area contributed by atoms with Gasteiger partial charge in [0, 0.05) is 18.7 Å². The highest BCUT2D eigenvalue weighted by atomic mass is 16.1. The van der Waals surface area contributed by atoms with Crippen molar-refractivity contribution in [2.75, 3.05) is 13.1 Å². The fourth-order valence-corrected chi connectivity index (χ4v) is 2.24. The Morgan fingerprint density at radius 2 is 1.90 bits per heavy atom. The van der Waals surface area contributed by atoms with Gasteiger partial charge in [-0.15, -0.1) is 0 Å². The van der Waals surface area contributed by atoms with Gasteiger partial charge in [-0.2, -0.15) is 0 Å². The minimum absolute atomic E-state index is 0.360. The number of ketones is 1. The molecule has 0 N–H and O–H groups in total. The van der Waals surface area contributed by atoms with E-state index in [0.717, 1.165) is 19.4 Å². The Morgan fingerprint density at radius 1 is 1.30 bits per heavy atom. The van der Waals surface area contributed by atoms with Crippen molar-refractivity contribution in [3.8, 4) is 0 Å². The molecule has 1 heterocycles. The largest absolute Gasteiger partial charge is 0.367 e. The third-order valence-corrected chi connectivity index (χ3v) is 3.03. The van der Waals surface area contributed by atoms with Gasteiger partial charge in [-0.25, -0.2) is 0 Å². The molecule has 116 valence electrons. The number of rotatable bonds is 5. The smallest absolute Gasteiger partial charge is 0.152 e. The Morgan fingerprint density at radius 3 is 2.40 bits per heavy atom. The topological polar surface area (TPSA) is 20.3 Å². The van der Waals surface area contributed by atoms with E-state index >= 15 is 0 Å². The first kappa shape index (κ1) is 18.9. The molecule has 1 aliphatic rings. The molecule has 0 saturated carbocycles. The van der Waals surface area contributed by atoms with Crippen LogP contribution in [0.25, 0.3) is 0 Å². The molecule has 20 heavy (non-hydrogen) atoms. The summed E-state index contributed by atoms with van der Waals surface area (Å²) in [6.45, 7) is 14.3. The van der Waals surface area contributed by atoms with Gasteiger partial charge in [-0.1, -0.05) is 52.7 Å². The fraction of sp³-hybridized carbons (Fsp3) is 0.722. The van der Waals surface area contributed by atoms with Crippen molar-refractivity contribution < 1.29 is 4.79 Å². The minimum Gasteiger partial charge on any atom is -0.367 e. The number of hydrogen-bond acceptors (Lipinski definition) is 2. The number of hydrogen-bond donors (Lipinski definition) is 0. The van der Waals surface area contributed by atoms with Crippen LogP contribution in [0.4, 0.5) is 0 Å². The van der Waals surface area contributed by atoms with Gasteiger partial charge < -0.3 is 4.90 Å². The van der Waals surface area contributed by atoms with Gasteiger partial charge in [-0.05, 0) is 31.8 Å². The highest BCUT2D eigenvalue weighted by molar-refractivity contribution is 5.80. The third kappa shape index (κ3) is 8.19. The predicted octanol–water partition coefficient (Wildman–Crippen LogP) is 4.96. The first-order valence-corrected chi connectivity index (χ1v) is 8.08. The lowest BCUT2D eigenvalue weighted by atomic mass is 10.1. The summed E-state index contributed by atoms with van der Waals surface area (Å²) in [4.78, 5) is 14.1. The standard InChI is InChI=1S/C15H25NO.C3H8/c1-5-14-10-13(4)7-6-8-16(14)11-15(17)9-12(2)3;1-3-2/h7,10,12H,5-6,8-9,11H2,1-4H3;3H2,1-2H3. The number of carbonyl (C=O) groups is 1. The Hall–Kier alpha value is -1.05. The number of allylic oxidation sites excluding steroid dienone is 3. The molecular formula is C18H33NO. The van der Waals surface area contributed by atoms with Crippen LogP contribution in [0.1, 0.15) is 67.2 Å². The molecule has 1 aliphatic heterocycles. The second kappa shape index (κ2) is 10.7. The Kier molecular flexibility index (Phi) is 10.1. The molecule has 0 radical (unpaired) electrons. The zero-order valence-electron chi connectivity index (χ0n) is 14.3. The van der Waals surface area contributed by atoms with Crippen molar-refractivity contribution in [1.82, 2.24) is 4.90 Å². The van der Waals surface area contributed by atoms with Crippen molar-refractivity contribution >= 4 is 5.78 Å². The Bertz CT molecular complexity index is 339. The molecule has 0 aromatic rings. The molecule has 0 aromatic heterocycles. The van der Waals surface area contributed by atoms with Crippen molar-refractivity contribution in [2.24, 2.45) is 5.92 Å². The first-order valence-electron chi connectivity index (χ1n) is 8.08. The van der Waals surface area contributed by atoms with E-state index in [1.807, 2.05) is 0 Å². The monoisotopic (exact) mass is 279 g/mol. The lowest BCUT2D eigenvalue weighted by molar-refractivity contribution is -0.120. The molecule has 0 fully saturated rings. The van der Waals surface area contributed by atoms with Gasteiger partial charge >= 0.3 is 0 Å². The predicted molar refractivity (Wildman–Crippen MR) is 88.7 cm³/mol. The maximum absolute atomic E-state index is 11.9. The molecule has 0 saturated heterocycles. The maximum atomic E-state index is 11.9. The van der Waals surface area contributed by atoms with Crippen molar-refractivity contribution in [2.45, 2.75) is 67.2 Å². The van der Waals surface area contributed by atoms with Crippen molar-refractivity contribution in [3.63, 3.8) is 0 Å². The van der Waals surface area contributed by atoms with Gasteiger partial charge in [0.05, 0.1) is 6.54 Å². The highest BCUT2D eigenvalue weighted by Gasteiger charge is 2.15. The molecule has 2 nitrogen and oxygen atoms in total. The quantitative estimate of drug-likeness (QED) is 0.708. The average molecular weight is 279 g/mol. The van der Waals surface area contributed by atoms with Gasteiger partial charge in [-0.3, -0.25) is 4.79 Å². The molecule has 0 atom stereocenters. The van der Waals surface area contributed by atoms with Crippen molar-refractivity contribution in [1.29, 1.82) is 0 Å². The van der Waals surface area contributed by atoms with Crippen molar-refractivity contribution in [3.05, 3.63) is 23.4 Å². The van der Waals surface area contributed by atoms with Crippen LogP contribution in [0.3, 0.4) is 0 Å². The molecule has 0 amide bonds. The van der Waals surface area contributed by atoms with E-state index < -0.39 is 0 Å². The van der Waals surface area contributed by atoms with E-state index in [0.29, 0.717) is 24.7 Å². The Balaban J connectivity index is 0.00000110. The lowest BCUT2D eigenvalue weighted by Gasteiger charge is -2.25. The summed E-state index contributed by atoms with van der Waals surface area (Å²) in [7, 11) is 0. The zero-order valence-corrected chi connectivity index (χ0v) is 14.3. The lowest BCUT2D eigenvalue weighted by Crippen LogP contribution is -2.30. The van der Waals surface area contributed by atoms with Gasteiger partial charge in [0.1, 0.15) is 0 Å². The zero-order chi connectivity index (χ0) is 15.5. The first-order chi connectivity index (χ1) is 9.44. The summed E-state index contributed by atoms with van der Waals surface area (Å²) in [6, 6.07) is 0. The van der Waals surface area contributed by atoms with Crippen LogP contribution >= 0.6 is 0 Å². The number of nitrogens with zero attached hydrogens (tertiary/aromatic N) is 1. The van der Waals surface area contributed by atoms with Crippen LogP contribution in [-0.2, 0) is 4.79 Å². The SMILES string of the molecule is CCC.CCC1=CC(C)=CCCN1CC(=O)CC(C)C. The van der Waals surface area contributed by atoms with Crippen LogP contribution in [0.15, 0.2) is 23.4 Å². The number of Topliss-reactive ketones (excluding diaryl/α,β-unsaturated/α-hetero) is 1. The van der Waals surface area contributed by atoms with Crippen LogP contribution in [0.5, 0.6) is 0 Å². The van der Waals surface area contributed by atoms with Crippen LogP contribution in [0, 0.1) is 5.92 Å². The molecular weight excluding hydrogens is 246 g/mol. The molecule has 0 unspecified atom stereocenters. The van der Waals surface area contributed by atoms with E-state index in [1.54, 1.807) is 0 Å². The summed E-state index contributed by atoms with van der Waals surface area (Å²) in [5, 5.41) is 0. The van der Waals surface area contributed by atoms with Crippen LogP contribution in [0.2, 0.25) is 0 Å². The van der Waals surface area contributed by atoms with E-state index in [2.05, 4.69) is 58.6 Å². The van der Waals surface area contributed by atoms with Gasteiger partial charge in [0.25, 0.3) is 0 Å². The Labute approximate surface area is 125 Å². The van der Waals surface area contributed by atoms with E-state index in [1.165, 1.54) is 17.7 Å². The molecule has 1 rings (SSSR count). The van der Waals surface area contributed by atoms with Crippen LogP contribution < -0.4 is 0 Å². The fourth-order valence-electron chi connectivity index (χ4n) is 2.24. The van der Waals surface area contributed by atoms with E-state index in [-0.39, 0.29) is 0 Å². The van der Waals surface area contributed by atoms with E-state index in [9.17, 15) is 4.79 Å². The molecule has 0 bridgehead atoms. The van der Waals surface area contributed by atoms with E-state index in [4.69, 9.17) is 0 Å². The molecule has 0 aromatic carbocycles. The second-order valence-electron chi connectivity index (χ2n) is 5.99. The maximum Gasteiger partial charge on any atom is 0.152 e. The third-order valence-electron chi connectivity index (χ3n) is 3.03. The number of carbonyl (C=O) groups excluding carboxylic acids is 1.